The predicted molar refractivity (Wildman–Crippen MR) is 8.54 cm³/mol. The smallest absolute Gasteiger partial charge is 0 e. The third-order valence-corrected chi connectivity index (χ3v) is 0. The maximum absolute atomic E-state index is 0. The molecule has 32 valence electrons. The maximum Gasteiger partial charge on any atom is 0 e. The second kappa shape index (κ2) is 31.9. The van der Waals surface area contributed by atoms with Crippen LogP contribution in [0.5, 0.6) is 0 Å². The Morgan fingerprint density at radius 3 is 1.00 bits per heavy atom. The largest absolute Gasteiger partial charge is 0 e. The Labute approximate surface area is 82.5 Å². The van der Waals surface area contributed by atoms with Gasteiger partial charge < -0.3 is 0 Å². The fourth-order valence-corrected chi connectivity index (χ4v) is 0. The molecule has 5 heteroatoms. The molecule has 0 spiro atoms. The van der Waals surface area contributed by atoms with E-state index in [4.69, 9.17) is 0 Å². The molecular formula is H2BeCrMnNbNi. The summed E-state index contributed by atoms with van der Waals surface area (Å²) in [7, 11) is 0. The van der Waals surface area contributed by atoms with Crippen LogP contribution in [-0.2, 0) is 73.3 Å². The van der Waals surface area contributed by atoms with Crippen molar-refractivity contribution in [3.05, 3.63) is 0 Å². The fraction of sp³-hybridized carbons (Fsp3) is 0. The average Bonchev–Trinajstić information content (AvgIpc) is 0. The minimum Gasteiger partial charge on any atom is 0 e. The van der Waals surface area contributed by atoms with Crippen LogP contribution < -0.4 is 0 Å². The Balaban J connectivity index is 0. The van der Waals surface area contributed by atoms with Gasteiger partial charge in [0.15, 0.2) is 0 Å². The van der Waals surface area contributed by atoms with Crippen molar-refractivity contribution in [1.82, 2.24) is 0 Å². The van der Waals surface area contributed by atoms with Gasteiger partial charge in [0.2, 0.25) is 0 Å². The summed E-state index contributed by atoms with van der Waals surface area (Å²) in [5, 5.41) is 0. The first-order valence-electron chi connectivity index (χ1n) is 0. The summed E-state index contributed by atoms with van der Waals surface area (Å²) in [6, 6.07) is 0. The van der Waals surface area contributed by atoms with E-state index in [1.165, 1.54) is 0 Å². The van der Waals surface area contributed by atoms with Gasteiger partial charge in [-0.25, -0.2) is 0 Å². The second-order valence-electron chi connectivity index (χ2n) is 0. The number of hydrogen-bond donors (Lipinski definition) is 0. The standard InChI is InChI=1S/Be.Cr.Mn.Nb.Ni.2H. The molecule has 0 N–H and O–H groups in total. The molecule has 0 fully saturated rings. The molecule has 0 aliphatic rings. The van der Waals surface area contributed by atoms with E-state index in [1.807, 2.05) is 0 Å². The quantitative estimate of drug-likeness (QED) is 0.499. The van der Waals surface area contributed by atoms with Crippen molar-refractivity contribution < 1.29 is 73.3 Å². The summed E-state index contributed by atoms with van der Waals surface area (Å²) in [6.45, 7) is 0. The summed E-state index contributed by atoms with van der Waals surface area (Å²) in [5.41, 5.74) is 0. The van der Waals surface area contributed by atoms with Crippen molar-refractivity contribution in [3.8, 4) is 0 Å². The molecule has 0 heterocycles. The molecule has 0 amide bonds. The monoisotopic (exact) mass is 269 g/mol. The summed E-state index contributed by atoms with van der Waals surface area (Å²) in [6.07, 6.45) is 0. The average molecular weight is 270 g/mol. The summed E-state index contributed by atoms with van der Waals surface area (Å²) >= 11 is 0. The molecule has 0 saturated carbocycles. The Hall–Kier alpha value is 2.45. The summed E-state index contributed by atoms with van der Waals surface area (Å²) in [4.78, 5) is 0. The molecule has 0 bridgehead atoms. The molecule has 0 aromatic rings. The van der Waals surface area contributed by atoms with E-state index in [1.54, 1.807) is 0 Å². The first kappa shape index (κ1) is 51.5. The van der Waals surface area contributed by atoms with Crippen molar-refractivity contribution >= 4 is 10.1 Å². The molecule has 0 aliphatic heterocycles. The van der Waals surface area contributed by atoms with E-state index in [0.29, 0.717) is 0 Å². The van der Waals surface area contributed by atoms with Crippen LogP contribution in [-0.4, -0.2) is 10.1 Å². The molecule has 0 saturated heterocycles. The predicted octanol–water partition coefficient (Wildman–Crippen LogP) is -0.926. The van der Waals surface area contributed by atoms with Gasteiger partial charge in [0.1, 0.15) is 0 Å². The first-order valence-corrected chi connectivity index (χ1v) is 0. The van der Waals surface area contributed by atoms with Crippen LogP contribution in [0.1, 0.15) is 0 Å². The van der Waals surface area contributed by atoms with E-state index < -0.39 is 0 Å². The van der Waals surface area contributed by atoms with Crippen molar-refractivity contribution in [2.75, 3.05) is 0 Å². The Kier molecular flexibility index (Phi) is 329. The van der Waals surface area contributed by atoms with Crippen LogP contribution in [0, 0.1) is 0 Å². The third-order valence-electron chi connectivity index (χ3n) is 0. The molecule has 0 aromatic heterocycles. The minimum absolute atomic E-state index is 0. The van der Waals surface area contributed by atoms with Crippen molar-refractivity contribution in [3.63, 3.8) is 0 Å². The van der Waals surface area contributed by atoms with E-state index in [-0.39, 0.29) is 83.4 Å². The number of rotatable bonds is 0. The zero-order valence-electron chi connectivity index (χ0n) is 1.55. The molecular weight excluding hydrogens is 268 g/mol. The van der Waals surface area contributed by atoms with E-state index >= 15 is 0 Å². The number of hydrogen-bond acceptors (Lipinski definition) is 0. The fourth-order valence-electron chi connectivity index (χ4n) is 0. The van der Waals surface area contributed by atoms with Crippen LogP contribution in [0.4, 0.5) is 0 Å². The first-order chi connectivity index (χ1) is 0. The van der Waals surface area contributed by atoms with Gasteiger partial charge in [0.25, 0.3) is 0 Å². The normalized spacial score (nSPS) is 0. The van der Waals surface area contributed by atoms with Crippen molar-refractivity contribution in [1.29, 1.82) is 0 Å². The summed E-state index contributed by atoms with van der Waals surface area (Å²) in [5.74, 6) is 0. The van der Waals surface area contributed by atoms with Crippen molar-refractivity contribution in [2.45, 2.75) is 0 Å². The van der Waals surface area contributed by atoms with Gasteiger partial charge >= 0.3 is 10.1 Å². The van der Waals surface area contributed by atoms with E-state index in [9.17, 15) is 0 Å². The zero-order chi connectivity index (χ0) is 0. The molecule has 5 heavy (non-hydrogen) atoms. The minimum atomic E-state index is 0. The summed E-state index contributed by atoms with van der Waals surface area (Å²) < 4.78 is 0. The Morgan fingerprint density at radius 1 is 1.00 bits per heavy atom. The van der Waals surface area contributed by atoms with Gasteiger partial charge in [-0.3, -0.25) is 0 Å². The third kappa shape index (κ3) is 21.3. The SMILES string of the molecule is [BeH2].[Cr].[Mn].[Nb].[Ni]. The van der Waals surface area contributed by atoms with Gasteiger partial charge in [0.05, 0.1) is 0 Å². The van der Waals surface area contributed by atoms with Gasteiger partial charge in [0, 0.05) is 73.3 Å². The van der Waals surface area contributed by atoms with Gasteiger partial charge in [-0.1, -0.05) is 0 Å². The topological polar surface area (TPSA) is 0 Å². The molecule has 0 unspecified atom stereocenters. The maximum atomic E-state index is 0. The van der Waals surface area contributed by atoms with Crippen LogP contribution >= 0.6 is 0 Å². The van der Waals surface area contributed by atoms with Gasteiger partial charge in [-0.05, 0) is 0 Å². The van der Waals surface area contributed by atoms with Crippen LogP contribution in [0.3, 0.4) is 0 Å². The van der Waals surface area contributed by atoms with Crippen LogP contribution in [0.15, 0.2) is 0 Å². The van der Waals surface area contributed by atoms with Crippen LogP contribution in [0.2, 0.25) is 0 Å². The molecule has 2 radical (unpaired) electrons. The van der Waals surface area contributed by atoms with E-state index in [2.05, 4.69) is 0 Å². The van der Waals surface area contributed by atoms with Crippen molar-refractivity contribution in [2.24, 2.45) is 0 Å². The second-order valence-corrected chi connectivity index (χ2v) is 0. The van der Waals surface area contributed by atoms with Gasteiger partial charge in [-0.2, -0.15) is 0 Å². The Bertz CT molecular complexity index is 11.6. The Morgan fingerprint density at radius 2 is 1.00 bits per heavy atom. The molecule has 0 aromatic carbocycles. The molecule has 0 rings (SSSR count). The zero-order valence-corrected chi connectivity index (χ0v) is 7.19. The molecule has 0 atom stereocenters. The van der Waals surface area contributed by atoms with Crippen LogP contribution in [0.25, 0.3) is 0 Å². The van der Waals surface area contributed by atoms with Gasteiger partial charge in [-0.15, -0.1) is 0 Å². The molecule has 0 aliphatic carbocycles. The van der Waals surface area contributed by atoms with E-state index in [0.717, 1.165) is 0 Å². The molecule has 0 nitrogen and oxygen atoms in total.